The van der Waals surface area contributed by atoms with Crippen molar-refractivity contribution in [2.75, 3.05) is 18.5 Å². The van der Waals surface area contributed by atoms with E-state index < -0.39 is 0 Å². The Labute approximate surface area is 239 Å². The van der Waals surface area contributed by atoms with Crippen molar-refractivity contribution in [3.63, 3.8) is 0 Å². The zero-order chi connectivity index (χ0) is 28.3. The first-order valence-corrected chi connectivity index (χ1v) is 14.1. The molecular weight excluding hydrogens is 520 g/mol. The number of carbonyl (C=O) groups excluding carboxylic acids is 2. The van der Waals surface area contributed by atoms with Crippen LogP contribution in [-0.2, 0) is 0 Å². The van der Waals surface area contributed by atoms with Crippen molar-refractivity contribution in [1.29, 1.82) is 5.26 Å². The largest absolute Gasteiger partial charge is 0.494 e. The van der Waals surface area contributed by atoms with E-state index >= 15 is 0 Å². The first-order valence-electron chi connectivity index (χ1n) is 13.3. The number of nitrogens with zero attached hydrogens (tertiary/aromatic N) is 2. The molecule has 0 saturated carbocycles. The zero-order valence-corrected chi connectivity index (χ0v) is 23.5. The molecular formula is C32H32N4O3S. The fraction of sp³-hybridized carbons (Fsp3) is 0.250. The summed E-state index contributed by atoms with van der Waals surface area (Å²) in [4.78, 5) is 31.8. The molecule has 40 heavy (non-hydrogen) atoms. The molecule has 0 atom stereocenters. The second kappa shape index (κ2) is 14.2. The number of carbonyl (C=O) groups is 2. The molecule has 1 aliphatic heterocycles. The monoisotopic (exact) mass is 552 g/mol. The van der Waals surface area contributed by atoms with Crippen LogP contribution >= 0.6 is 11.8 Å². The third kappa shape index (κ3) is 7.84. The third-order valence-electron chi connectivity index (χ3n) is 6.32. The predicted octanol–water partition coefficient (Wildman–Crippen LogP) is 7.01. The Bertz CT molecular complexity index is 1470. The fourth-order valence-corrected chi connectivity index (χ4v) is 5.03. The minimum absolute atomic E-state index is 0.183. The molecule has 1 aliphatic rings. The molecule has 0 unspecified atom stereocenters. The number of hydrogen-bond donors (Lipinski definition) is 2. The molecule has 0 fully saturated rings. The second-order valence-corrected chi connectivity index (χ2v) is 10.6. The maximum atomic E-state index is 12.8. The smallest absolute Gasteiger partial charge is 0.256 e. The van der Waals surface area contributed by atoms with Crippen molar-refractivity contribution in [3.05, 3.63) is 95.2 Å². The summed E-state index contributed by atoms with van der Waals surface area (Å²) >= 11 is 1.51. The second-order valence-electron chi connectivity index (χ2n) is 9.48. The van der Waals surface area contributed by atoms with Gasteiger partial charge in [-0.2, -0.15) is 5.26 Å². The van der Waals surface area contributed by atoms with Gasteiger partial charge in [-0.3, -0.25) is 14.6 Å². The summed E-state index contributed by atoms with van der Waals surface area (Å²) in [5.41, 5.74) is 4.46. The molecule has 0 aromatic heterocycles. The van der Waals surface area contributed by atoms with Crippen molar-refractivity contribution in [1.82, 2.24) is 5.32 Å². The van der Waals surface area contributed by atoms with E-state index in [-0.39, 0.29) is 11.8 Å². The number of ether oxygens (including phenoxy) is 1. The van der Waals surface area contributed by atoms with Crippen LogP contribution in [0.4, 0.5) is 5.69 Å². The number of benzene rings is 3. The molecule has 7 nitrogen and oxygen atoms in total. The molecule has 1 heterocycles. The Morgan fingerprint density at radius 2 is 1.80 bits per heavy atom. The Morgan fingerprint density at radius 1 is 1.02 bits per heavy atom. The number of fused-ring (bicyclic) bond motifs is 2. The minimum atomic E-state index is -0.224. The van der Waals surface area contributed by atoms with Crippen LogP contribution in [0.2, 0.25) is 0 Å². The van der Waals surface area contributed by atoms with Gasteiger partial charge < -0.3 is 15.4 Å². The van der Waals surface area contributed by atoms with Gasteiger partial charge in [-0.1, -0.05) is 23.9 Å². The minimum Gasteiger partial charge on any atom is -0.494 e. The van der Waals surface area contributed by atoms with Gasteiger partial charge >= 0.3 is 0 Å². The number of unbranched alkanes of at least 4 members (excludes halogenated alkanes) is 3. The Morgan fingerprint density at radius 3 is 2.60 bits per heavy atom. The van der Waals surface area contributed by atoms with Gasteiger partial charge in [0.25, 0.3) is 11.8 Å². The Balaban J connectivity index is 1.28. The van der Waals surface area contributed by atoms with E-state index in [1.807, 2.05) is 62.4 Å². The SMILES string of the molecule is CC(=N/C=C(\C)CNC(=O)c1ccc2c(c1)NC(=O)c1ccccc1S2)c1ccc(OCCCCCC#N)cc1. The van der Waals surface area contributed by atoms with E-state index in [9.17, 15) is 9.59 Å². The number of aliphatic imine (C=N–C) groups is 1. The predicted molar refractivity (Wildman–Crippen MR) is 159 cm³/mol. The van der Waals surface area contributed by atoms with Crippen molar-refractivity contribution < 1.29 is 14.3 Å². The van der Waals surface area contributed by atoms with Crippen LogP contribution in [0.5, 0.6) is 5.75 Å². The van der Waals surface area contributed by atoms with Gasteiger partial charge in [0.1, 0.15) is 5.75 Å². The molecule has 8 heteroatoms. The maximum absolute atomic E-state index is 12.8. The zero-order valence-electron chi connectivity index (χ0n) is 22.7. The molecule has 0 bridgehead atoms. The summed E-state index contributed by atoms with van der Waals surface area (Å²) in [6.07, 6.45) is 5.18. The van der Waals surface area contributed by atoms with E-state index in [0.29, 0.717) is 36.4 Å². The number of rotatable bonds is 11. The van der Waals surface area contributed by atoms with Crippen molar-refractivity contribution in [2.24, 2.45) is 4.99 Å². The first-order chi connectivity index (χ1) is 19.4. The van der Waals surface area contributed by atoms with Crippen LogP contribution in [0.25, 0.3) is 0 Å². The van der Waals surface area contributed by atoms with Crippen molar-refractivity contribution >= 4 is 35.0 Å². The van der Waals surface area contributed by atoms with Crippen LogP contribution in [-0.4, -0.2) is 30.7 Å². The van der Waals surface area contributed by atoms with E-state index in [2.05, 4.69) is 21.7 Å². The van der Waals surface area contributed by atoms with Crippen LogP contribution in [0, 0.1) is 11.3 Å². The standard InChI is InChI=1S/C32H32N4O3S/c1-22(20-34-23(2)24-11-14-26(15-12-24)39-18-8-4-3-7-17-33)21-35-31(37)25-13-16-30-28(19-25)36-32(38)27-9-5-6-10-29(27)40-30/h5-6,9-16,19-20H,3-4,7-8,18,21H2,1-2H3,(H,35,37)(H,36,38)/b22-20+,34-23?. The normalized spacial score (nSPS) is 12.9. The van der Waals surface area contributed by atoms with Crippen LogP contribution in [0.15, 0.2) is 93.3 Å². The number of anilines is 1. The average molecular weight is 553 g/mol. The topological polar surface area (TPSA) is 104 Å². The number of nitrogens with one attached hydrogen (secondary N) is 2. The summed E-state index contributed by atoms with van der Waals surface area (Å²) in [5, 5.41) is 14.4. The summed E-state index contributed by atoms with van der Waals surface area (Å²) in [6.45, 7) is 4.84. The lowest BCUT2D eigenvalue weighted by atomic mass is 10.1. The fourth-order valence-electron chi connectivity index (χ4n) is 4.02. The highest BCUT2D eigenvalue weighted by atomic mass is 32.2. The molecule has 0 aliphatic carbocycles. The van der Waals surface area contributed by atoms with Gasteiger partial charge in [-0.05, 0) is 98.8 Å². The van der Waals surface area contributed by atoms with Gasteiger partial charge in [0.2, 0.25) is 0 Å². The molecule has 204 valence electrons. The van der Waals surface area contributed by atoms with Gasteiger partial charge in [0.05, 0.1) is 23.9 Å². The number of amides is 2. The molecule has 2 amide bonds. The van der Waals surface area contributed by atoms with E-state index in [0.717, 1.165) is 51.7 Å². The molecule has 2 N–H and O–H groups in total. The van der Waals surface area contributed by atoms with Crippen LogP contribution in [0.1, 0.15) is 65.8 Å². The highest BCUT2D eigenvalue weighted by molar-refractivity contribution is 7.99. The number of hydrogen-bond acceptors (Lipinski definition) is 6. The Kier molecular flexibility index (Phi) is 10.1. The highest BCUT2D eigenvalue weighted by Crippen LogP contribution is 2.39. The number of nitriles is 1. The quantitative estimate of drug-likeness (QED) is 0.197. The molecule has 0 saturated heterocycles. The van der Waals surface area contributed by atoms with Crippen molar-refractivity contribution in [3.8, 4) is 11.8 Å². The van der Waals surface area contributed by atoms with E-state index in [4.69, 9.17) is 10.00 Å². The van der Waals surface area contributed by atoms with Crippen molar-refractivity contribution in [2.45, 2.75) is 49.3 Å². The van der Waals surface area contributed by atoms with Gasteiger partial charge in [-0.15, -0.1) is 0 Å². The van der Waals surface area contributed by atoms with Gasteiger partial charge in [0, 0.05) is 40.2 Å². The molecule has 4 rings (SSSR count). The van der Waals surface area contributed by atoms with Gasteiger partial charge in [0.15, 0.2) is 0 Å². The molecule has 0 radical (unpaired) electrons. The highest BCUT2D eigenvalue weighted by Gasteiger charge is 2.20. The summed E-state index contributed by atoms with van der Waals surface area (Å²) in [7, 11) is 0. The Hall–Kier alpha value is -4.35. The summed E-state index contributed by atoms with van der Waals surface area (Å²) < 4.78 is 5.77. The van der Waals surface area contributed by atoms with E-state index in [1.165, 1.54) is 11.8 Å². The summed E-state index contributed by atoms with van der Waals surface area (Å²) in [5.74, 6) is 0.404. The van der Waals surface area contributed by atoms with Crippen LogP contribution in [0.3, 0.4) is 0 Å². The molecule has 0 spiro atoms. The first kappa shape index (κ1) is 28.7. The molecule has 3 aromatic carbocycles. The lowest BCUT2D eigenvalue weighted by Crippen LogP contribution is -2.25. The third-order valence-corrected chi connectivity index (χ3v) is 7.47. The molecule has 3 aromatic rings. The lowest BCUT2D eigenvalue weighted by Gasteiger charge is -2.10. The van der Waals surface area contributed by atoms with Gasteiger partial charge in [-0.25, -0.2) is 0 Å². The lowest BCUT2D eigenvalue weighted by molar-refractivity contribution is 0.0955. The maximum Gasteiger partial charge on any atom is 0.256 e. The van der Waals surface area contributed by atoms with E-state index in [1.54, 1.807) is 24.4 Å². The summed E-state index contributed by atoms with van der Waals surface area (Å²) in [6, 6.07) is 22.8. The van der Waals surface area contributed by atoms with Crippen LogP contribution < -0.4 is 15.4 Å². The average Bonchev–Trinajstić information content (AvgIpc) is 3.11.